The number of nitrogens with zero attached hydrogens (tertiary/aromatic N) is 1. The van der Waals surface area contributed by atoms with Gasteiger partial charge in [-0.2, -0.15) is 0 Å². The summed E-state index contributed by atoms with van der Waals surface area (Å²) in [5, 5.41) is 0. The SMILES string of the molecule is CCC(CC)C(=O)N(C)CC(C)(C)C. The lowest BCUT2D eigenvalue weighted by Crippen LogP contribution is -2.38. The van der Waals surface area contributed by atoms with Crippen LogP contribution in [0.25, 0.3) is 0 Å². The summed E-state index contributed by atoms with van der Waals surface area (Å²) in [5.74, 6) is 0.507. The van der Waals surface area contributed by atoms with Crippen molar-refractivity contribution >= 4 is 5.91 Å². The van der Waals surface area contributed by atoms with Gasteiger partial charge in [0.05, 0.1) is 0 Å². The predicted octanol–water partition coefficient (Wildman–Crippen LogP) is 2.93. The number of hydrogen-bond donors (Lipinski definition) is 0. The van der Waals surface area contributed by atoms with Gasteiger partial charge in [-0.3, -0.25) is 4.79 Å². The molecule has 0 N–H and O–H groups in total. The minimum Gasteiger partial charge on any atom is -0.345 e. The molecule has 2 heteroatoms. The molecule has 0 saturated heterocycles. The molecule has 0 radical (unpaired) electrons. The van der Waals surface area contributed by atoms with Crippen LogP contribution in [-0.2, 0) is 4.79 Å². The molecule has 0 aromatic heterocycles. The lowest BCUT2D eigenvalue weighted by molar-refractivity contribution is -0.135. The van der Waals surface area contributed by atoms with Gasteiger partial charge < -0.3 is 4.90 Å². The molecule has 14 heavy (non-hydrogen) atoms. The van der Waals surface area contributed by atoms with Crippen molar-refractivity contribution < 1.29 is 4.79 Å². The molecule has 0 spiro atoms. The van der Waals surface area contributed by atoms with Gasteiger partial charge in [0.15, 0.2) is 0 Å². The topological polar surface area (TPSA) is 20.3 Å². The average molecular weight is 199 g/mol. The van der Waals surface area contributed by atoms with Crippen molar-refractivity contribution in [3.63, 3.8) is 0 Å². The fourth-order valence-corrected chi connectivity index (χ4v) is 1.74. The Hall–Kier alpha value is -0.530. The monoisotopic (exact) mass is 199 g/mol. The molecule has 0 aliphatic heterocycles. The van der Waals surface area contributed by atoms with Crippen LogP contribution in [0.4, 0.5) is 0 Å². The normalized spacial score (nSPS) is 11.9. The van der Waals surface area contributed by atoms with Crippen molar-refractivity contribution in [2.75, 3.05) is 13.6 Å². The van der Waals surface area contributed by atoms with Crippen LogP contribution in [0.3, 0.4) is 0 Å². The summed E-state index contributed by atoms with van der Waals surface area (Å²) in [4.78, 5) is 13.8. The minimum absolute atomic E-state index is 0.191. The van der Waals surface area contributed by atoms with Crippen LogP contribution in [0.2, 0.25) is 0 Å². The Morgan fingerprint density at radius 2 is 1.64 bits per heavy atom. The smallest absolute Gasteiger partial charge is 0.225 e. The van der Waals surface area contributed by atoms with Crippen LogP contribution < -0.4 is 0 Å². The Kier molecular flexibility index (Phi) is 5.17. The number of carbonyl (C=O) groups is 1. The van der Waals surface area contributed by atoms with Crippen molar-refractivity contribution in [1.82, 2.24) is 4.90 Å². The van der Waals surface area contributed by atoms with Gasteiger partial charge >= 0.3 is 0 Å². The summed E-state index contributed by atoms with van der Waals surface area (Å²) in [7, 11) is 1.91. The van der Waals surface area contributed by atoms with E-state index in [9.17, 15) is 4.79 Å². The van der Waals surface area contributed by atoms with Gasteiger partial charge in [-0.1, -0.05) is 34.6 Å². The summed E-state index contributed by atoms with van der Waals surface area (Å²) in [6, 6.07) is 0. The van der Waals surface area contributed by atoms with Crippen molar-refractivity contribution in [3.05, 3.63) is 0 Å². The Balaban J connectivity index is 4.24. The van der Waals surface area contributed by atoms with Crippen molar-refractivity contribution in [2.45, 2.75) is 47.5 Å². The summed E-state index contributed by atoms with van der Waals surface area (Å²) in [6.45, 7) is 11.5. The molecule has 84 valence electrons. The van der Waals surface area contributed by atoms with E-state index in [0.717, 1.165) is 19.4 Å². The van der Waals surface area contributed by atoms with Gasteiger partial charge in [0, 0.05) is 19.5 Å². The maximum Gasteiger partial charge on any atom is 0.225 e. The molecule has 1 amide bonds. The van der Waals surface area contributed by atoms with Crippen LogP contribution in [0.15, 0.2) is 0 Å². The summed E-state index contributed by atoms with van der Waals surface area (Å²) >= 11 is 0. The highest BCUT2D eigenvalue weighted by atomic mass is 16.2. The molecular formula is C12H25NO. The standard InChI is InChI=1S/C12H25NO/c1-7-10(8-2)11(14)13(6)9-12(3,4)5/h10H,7-9H2,1-6H3. The van der Waals surface area contributed by atoms with Crippen LogP contribution in [0, 0.1) is 11.3 Å². The lowest BCUT2D eigenvalue weighted by atomic mass is 9.94. The first-order chi connectivity index (χ1) is 6.31. The molecule has 0 bridgehead atoms. The van der Waals surface area contributed by atoms with Crippen molar-refractivity contribution in [3.8, 4) is 0 Å². The zero-order chi connectivity index (χ0) is 11.4. The third-order valence-corrected chi connectivity index (χ3v) is 2.42. The molecule has 0 saturated carbocycles. The zero-order valence-corrected chi connectivity index (χ0v) is 10.6. The highest BCUT2D eigenvalue weighted by molar-refractivity contribution is 5.78. The molecule has 2 nitrogen and oxygen atoms in total. The van der Waals surface area contributed by atoms with E-state index in [1.54, 1.807) is 0 Å². The fourth-order valence-electron chi connectivity index (χ4n) is 1.74. The van der Waals surface area contributed by atoms with E-state index in [2.05, 4.69) is 34.6 Å². The van der Waals surface area contributed by atoms with E-state index in [4.69, 9.17) is 0 Å². The number of hydrogen-bond acceptors (Lipinski definition) is 1. The highest BCUT2D eigenvalue weighted by Crippen LogP contribution is 2.17. The number of rotatable bonds is 4. The number of carbonyl (C=O) groups excluding carboxylic acids is 1. The zero-order valence-electron chi connectivity index (χ0n) is 10.6. The Bertz CT molecular complexity index is 177. The van der Waals surface area contributed by atoms with Crippen LogP contribution in [-0.4, -0.2) is 24.4 Å². The maximum atomic E-state index is 11.9. The number of amides is 1. The van der Waals surface area contributed by atoms with Gasteiger partial charge in [-0.05, 0) is 18.3 Å². The molecule has 0 aromatic carbocycles. The summed E-state index contributed by atoms with van der Waals surface area (Å²) in [5.41, 5.74) is 0.191. The van der Waals surface area contributed by atoms with E-state index in [1.807, 2.05) is 11.9 Å². The quantitative estimate of drug-likeness (QED) is 0.681. The van der Waals surface area contributed by atoms with Crippen LogP contribution in [0.1, 0.15) is 47.5 Å². The van der Waals surface area contributed by atoms with Gasteiger partial charge in [-0.25, -0.2) is 0 Å². The van der Waals surface area contributed by atoms with E-state index < -0.39 is 0 Å². The third kappa shape index (κ3) is 4.64. The molecule has 0 aliphatic carbocycles. The van der Waals surface area contributed by atoms with E-state index in [1.165, 1.54) is 0 Å². The van der Waals surface area contributed by atoms with Crippen LogP contribution in [0.5, 0.6) is 0 Å². The van der Waals surface area contributed by atoms with Gasteiger partial charge in [0.2, 0.25) is 5.91 Å². The first-order valence-electron chi connectivity index (χ1n) is 5.56. The van der Waals surface area contributed by atoms with Gasteiger partial charge in [0.1, 0.15) is 0 Å². The lowest BCUT2D eigenvalue weighted by Gasteiger charge is -2.29. The first-order valence-corrected chi connectivity index (χ1v) is 5.56. The molecule has 0 aromatic rings. The minimum atomic E-state index is 0.191. The van der Waals surface area contributed by atoms with E-state index in [0.29, 0.717) is 5.91 Å². The Morgan fingerprint density at radius 3 is 1.93 bits per heavy atom. The predicted molar refractivity (Wildman–Crippen MR) is 61.2 cm³/mol. The summed E-state index contributed by atoms with van der Waals surface area (Å²) < 4.78 is 0. The van der Waals surface area contributed by atoms with E-state index >= 15 is 0 Å². The van der Waals surface area contributed by atoms with Crippen molar-refractivity contribution in [1.29, 1.82) is 0 Å². The molecule has 0 unspecified atom stereocenters. The van der Waals surface area contributed by atoms with E-state index in [-0.39, 0.29) is 11.3 Å². The molecular weight excluding hydrogens is 174 g/mol. The summed E-state index contributed by atoms with van der Waals surface area (Å²) in [6.07, 6.45) is 1.90. The molecule has 0 heterocycles. The second kappa shape index (κ2) is 5.38. The first kappa shape index (κ1) is 13.5. The van der Waals surface area contributed by atoms with Gasteiger partial charge in [0.25, 0.3) is 0 Å². The highest BCUT2D eigenvalue weighted by Gasteiger charge is 2.22. The average Bonchev–Trinajstić information content (AvgIpc) is 2.03. The Morgan fingerprint density at radius 1 is 1.21 bits per heavy atom. The second-order valence-electron chi connectivity index (χ2n) is 5.27. The second-order valence-corrected chi connectivity index (χ2v) is 5.27. The Labute approximate surface area is 88.7 Å². The fraction of sp³-hybridized carbons (Fsp3) is 0.917. The van der Waals surface area contributed by atoms with Crippen LogP contribution >= 0.6 is 0 Å². The third-order valence-electron chi connectivity index (χ3n) is 2.42. The molecule has 0 atom stereocenters. The largest absolute Gasteiger partial charge is 0.345 e. The molecule has 0 aliphatic rings. The van der Waals surface area contributed by atoms with Crippen molar-refractivity contribution in [2.24, 2.45) is 11.3 Å². The van der Waals surface area contributed by atoms with Gasteiger partial charge in [-0.15, -0.1) is 0 Å². The molecule has 0 rings (SSSR count). The molecule has 0 fully saturated rings. The maximum absolute atomic E-state index is 11.9.